The molecule has 0 aromatic carbocycles. The van der Waals surface area contributed by atoms with Crippen LogP contribution in [0.25, 0.3) is 0 Å². The Balaban J connectivity index is 3.65. The lowest BCUT2D eigenvalue weighted by atomic mass is 10.1. The Kier molecular flexibility index (Phi) is 4.04. The Morgan fingerprint density at radius 3 is 2.42 bits per heavy atom. The van der Waals surface area contributed by atoms with Crippen molar-refractivity contribution >= 4 is 5.97 Å². The smallest absolute Gasteiger partial charge is 0.433 e. The van der Waals surface area contributed by atoms with Crippen molar-refractivity contribution in [2.24, 2.45) is 0 Å². The van der Waals surface area contributed by atoms with E-state index in [0.717, 1.165) is 7.11 Å². The number of methoxy groups -OCH3 is 1. The fourth-order valence-corrected chi connectivity index (χ4v) is 1.27. The van der Waals surface area contributed by atoms with Crippen molar-refractivity contribution in [1.29, 1.82) is 5.26 Å². The maximum absolute atomic E-state index is 12.7. The average molecular weight is 280 g/mol. The molecule has 0 bridgehead atoms. The van der Waals surface area contributed by atoms with Crippen LogP contribution in [-0.4, -0.2) is 18.1 Å². The summed E-state index contributed by atoms with van der Waals surface area (Å²) in [6.07, 6.45) is -8.47. The van der Waals surface area contributed by atoms with Crippen LogP contribution >= 0.6 is 0 Å². The van der Waals surface area contributed by atoms with Crippen molar-refractivity contribution in [2.75, 3.05) is 7.11 Å². The first-order valence-corrected chi connectivity index (χ1v) is 4.61. The van der Waals surface area contributed by atoms with Gasteiger partial charge in [-0.15, -0.1) is 0 Å². The van der Waals surface area contributed by atoms with Gasteiger partial charge in [0, 0.05) is 0 Å². The van der Waals surface area contributed by atoms with Gasteiger partial charge in [-0.1, -0.05) is 0 Å². The van der Waals surface area contributed by atoms with Gasteiger partial charge in [0.15, 0.2) is 0 Å². The van der Waals surface area contributed by atoms with Crippen LogP contribution in [0.15, 0.2) is 6.07 Å². The number of pyridine rings is 1. The van der Waals surface area contributed by atoms with Crippen molar-refractivity contribution in [1.82, 2.24) is 4.98 Å². The second kappa shape index (κ2) is 5.17. The van der Waals surface area contributed by atoms with Crippen LogP contribution in [0.4, 0.5) is 22.0 Å². The Morgan fingerprint density at radius 1 is 1.47 bits per heavy atom. The lowest BCUT2D eigenvalue weighted by Gasteiger charge is -2.12. The molecule has 1 aromatic heterocycles. The van der Waals surface area contributed by atoms with Crippen molar-refractivity contribution in [3.63, 3.8) is 0 Å². The second-order valence-electron chi connectivity index (χ2n) is 3.22. The topological polar surface area (TPSA) is 63.0 Å². The predicted molar refractivity (Wildman–Crippen MR) is 50.3 cm³/mol. The zero-order chi connectivity index (χ0) is 14.8. The first-order valence-electron chi connectivity index (χ1n) is 4.61. The summed E-state index contributed by atoms with van der Waals surface area (Å²) >= 11 is 0. The molecule has 0 spiro atoms. The number of halogens is 5. The first kappa shape index (κ1) is 14.8. The number of carbonyl (C=O) groups is 1. The van der Waals surface area contributed by atoms with Gasteiger partial charge in [-0.3, -0.25) is 0 Å². The van der Waals surface area contributed by atoms with E-state index in [1.54, 1.807) is 0 Å². The molecule has 0 amide bonds. The summed E-state index contributed by atoms with van der Waals surface area (Å²) < 4.78 is 66.8. The molecular formula is C10H5F5N2O2. The van der Waals surface area contributed by atoms with Gasteiger partial charge in [-0.2, -0.15) is 18.4 Å². The van der Waals surface area contributed by atoms with Gasteiger partial charge in [0.05, 0.1) is 12.7 Å². The SMILES string of the molecule is COC(=O)c1c(C#N)cc(C(F)(F)F)nc1C(F)F. The van der Waals surface area contributed by atoms with E-state index in [1.807, 2.05) is 0 Å². The second-order valence-corrected chi connectivity index (χ2v) is 3.22. The van der Waals surface area contributed by atoms with Gasteiger partial charge in [-0.25, -0.2) is 18.6 Å². The Labute approximate surface area is 103 Å². The summed E-state index contributed by atoms with van der Waals surface area (Å²) in [6.45, 7) is 0. The predicted octanol–water partition coefficient (Wildman–Crippen LogP) is 2.70. The number of ether oxygens (including phenoxy) is 1. The van der Waals surface area contributed by atoms with E-state index < -0.39 is 41.1 Å². The first-order chi connectivity index (χ1) is 8.72. The number of carbonyl (C=O) groups excluding carboxylic acids is 1. The lowest BCUT2D eigenvalue weighted by molar-refractivity contribution is -0.141. The minimum Gasteiger partial charge on any atom is -0.465 e. The van der Waals surface area contributed by atoms with E-state index in [2.05, 4.69) is 9.72 Å². The summed E-state index contributed by atoms with van der Waals surface area (Å²) in [7, 11) is 0.844. The highest BCUT2D eigenvalue weighted by Crippen LogP contribution is 2.32. The van der Waals surface area contributed by atoms with Crippen molar-refractivity contribution in [2.45, 2.75) is 12.6 Å². The molecule has 0 saturated heterocycles. The molecule has 0 unspecified atom stereocenters. The van der Waals surface area contributed by atoms with Crippen LogP contribution < -0.4 is 0 Å². The minimum absolute atomic E-state index is 0.220. The Bertz CT molecular complexity index is 548. The van der Waals surface area contributed by atoms with E-state index in [0.29, 0.717) is 0 Å². The van der Waals surface area contributed by atoms with Crippen LogP contribution in [0.5, 0.6) is 0 Å². The number of hydrogen-bond acceptors (Lipinski definition) is 4. The molecule has 0 radical (unpaired) electrons. The normalized spacial score (nSPS) is 11.3. The fourth-order valence-electron chi connectivity index (χ4n) is 1.27. The molecule has 19 heavy (non-hydrogen) atoms. The van der Waals surface area contributed by atoms with Crippen molar-refractivity contribution < 1.29 is 31.5 Å². The van der Waals surface area contributed by atoms with Crippen LogP contribution in [0.1, 0.15) is 33.7 Å². The van der Waals surface area contributed by atoms with Crippen LogP contribution in [-0.2, 0) is 10.9 Å². The number of alkyl halides is 5. The number of esters is 1. The minimum atomic E-state index is -5.01. The van der Waals surface area contributed by atoms with Gasteiger partial charge in [0.1, 0.15) is 23.0 Å². The average Bonchev–Trinajstić information content (AvgIpc) is 2.34. The third-order valence-electron chi connectivity index (χ3n) is 2.05. The molecule has 0 aliphatic heterocycles. The molecule has 0 fully saturated rings. The third-order valence-corrected chi connectivity index (χ3v) is 2.05. The number of aromatic nitrogens is 1. The highest BCUT2D eigenvalue weighted by Gasteiger charge is 2.36. The molecule has 0 atom stereocenters. The largest absolute Gasteiger partial charge is 0.465 e. The third kappa shape index (κ3) is 2.96. The maximum Gasteiger partial charge on any atom is 0.433 e. The molecule has 0 aliphatic carbocycles. The van der Waals surface area contributed by atoms with Crippen LogP contribution in [0, 0.1) is 11.3 Å². The summed E-state index contributed by atoms with van der Waals surface area (Å²) in [4.78, 5) is 13.9. The zero-order valence-electron chi connectivity index (χ0n) is 9.26. The number of rotatable bonds is 2. The summed E-state index contributed by atoms with van der Waals surface area (Å²) in [5.41, 5.74) is -4.94. The van der Waals surface area contributed by atoms with Gasteiger partial charge in [0.2, 0.25) is 0 Å². The van der Waals surface area contributed by atoms with E-state index >= 15 is 0 Å². The van der Waals surface area contributed by atoms with Crippen molar-refractivity contribution in [3.05, 3.63) is 28.6 Å². The lowest BCUT2D eigenvalue weighted by Crippen LogP contribution is -2.16. The molecule has 1 aromatic rings. The molecular weight excluding hydrogens is 275 g/mol. The molecule has 9 heteroatoms. The number of nitriles is 1. The summed E-state index contributed by atoms with van der Waals surface area (Å²) in [5, 5.41) is 8.66. The van der Waals surface area contributed by atoms with Gasteiger partial charge in [-0.05, 0) is 6.07 Å². The van der Waals surface area contributed by atoms with E-state index in [1.165, 1.54) is 6.07 Å². The number of hydrogen-bond donors (Lipinski definition) is 0. The molecule has 4 nitrogen and oxygen atoms in total. The highest BCUT2D eigenvalue weighted by atomic mass is 19.4. The molecule has 0 saturated carbocycles. The maximum atomic E-state index is 12.7. The van der Waals surface area contributed by atoms with Gasteiger partial charge >= 0.3 is 12.1 Å². The molecule has 0 aliphatic rings. The highest BCUT2D eigenvalue weighted by molar-refractivity contribution is 5.93. The summed E-state index contributed by atoms with van der Waals surface area (Å²) in [6, 6.07) is 1.46. The van der Waals surface area contributed by atoms with Crippen LogP contribution in [0.2, 0.25) is 0 Å². The Morgan fingerprint density at radius 2 is 2.05 bits per heavy atom. The molecule has 1 rings (SSSR count). The van der Waals surface area contributed by atoms with Gasteiger partial charge < -0.3 is 4.74 Å². The molecule has 1 heterocycles. The molecule has 0 N–H and O–H groups in total. The monoisotopic (exact) mass is 280 g/mol. The summed E-state index contributed by atoms with van der Waals surface area (Å²) in [5.74, 6) is -1.35. The standard InChI is InChI=1S/C10H5F5N2O2/c1-19-9(18)6-4(3-16)2-5(10(13,14)15)17-7(6)8(11)12/h2,8H,1H3. The van der Waals surface area contributed by atoms with Crippen LogP contribution in [0.3, 0.4) is 0 Å². The van der Waals surface area contributed by atoms with E-state index in [9.17, 15) is 26.7 Å². The molecule has 102 valence electrons. The van der Waals surface area contributed by atoms with Gasteiger partial charge in [0.25, 0.3) is 6.43 Å². The van der Waals surface area contributed by atoms with E-state index in [4.69, 9.17) is 5.26 Å². The zero-order valence-corrected chi connectivity index (χ0v) is 9.26. The Hall–Kier alpha value is -2.24. The fraction of sp³-hybridized carbons (Fsp3) is 0.300. The van der Waals surface area contributed by atoms with Crippen molar-refractivity contribution in [3.8, 4) is 6.07 Å². The number of nitrogens with zero attached hydrogens (tertiary/aromatic N) is 2. The quantitative estimate of drug-likeness (QED) is 0.617. The van der Waals surface area contributed by atoms with E-state index in [-0.39, 0.29) is 6.07 Å².